The molecular weight excluding hydrogens is 296 g/mol. The number of amides is 3. The number of hydrogen-bond donors (Lipinski definition) is 1. The molecule has 1 N–H and O–H groups in total. The van der Waals surface area contributed by atoms with Gasteiger partial charge in [-0.15, -0.1) is 0 Å². The molecule has 1 saturated heterocycles. The maximum Gasteiger partial charge on any atom is 0.253 e. The molecule has 3 amide bonds. The Balaban J connectivity index is 2.04. The first-order chi connectivity index (χ1) is 10.9. The van der Waals surface area contributed by atoms with Gasteiger partial charge in [0, 0.05) is 45.9 Å². The number of carbonyl (C=O) groups is 3. The summed E-state index contributed by atoms with van der Waals surface area (Å²) >= 11 is 0. The fourth-order valence-electron chi connectivity index (χ4n) is 2.60. The molecule has 1 aromatic rings. The Morgan fingerprint density at radius 3 is 2.74 bits per heavy atom. The van der Waals surface area contributed by atoms with Crippen molar-refractivity contribution in [3.8, 4) is 0 Å². The van der Waals surface area contributed by atoms with Crippen molar-refractivity contribution < 1.29 is 14.4 Å². The molecule has 1 aliphatic heterocycles. The van der Waals surface area contributed by atoms with Gasteiger partial charge in [-0.25, -0.2) is 4.98 Å². The Morgan fingerprint density at radius 1 is 1.35 bits per heavy atom. The first-order valence-corrected chi connectivity index (χ1v) is 7.62. The number of hydrogen-bond acceptors (Lipinski definition) is 4. The number of nitrogens with one attached hydrogen (secondary N) is 1. The highest BCUT2D eigenvalue weighted by Crippen LogP contribution is 2.18. The van der Waals surface area contributed by atoms with E-state index >= 15 is 0 Å². The third-order valence-electron chi connectivity index (χ3n) is 3.90. The third kappa shape index (κ3) is 4.28. The fourth-order valence-corrected chi connectivity index (χ4v) is 2.60. The van der Waals surface area contributed by atoms with E-state index in [1.54, 1.807) is 31.1 Å². The van der Waals surface area contributed by atoms with Gasteiger partial charge in [-0.1, -0.05) is 0 Å². The lowest BCUT2D eigenvalue weighted by molar-refractivity contribution is -0.132. The third-order valence-corrected chi connectivity index (χ3v) is 3.90. The van der Waals surface area contributed by atoms with Crippen LogP contribution in [0.1, 0.15) is 30.1 Å². The minimum atomic E-state index is -0.248. The molecule has 1 fully saturated rings. The molecule has 1 atom stereocenters. The van der Waals surface area contributed by atoms with Crippen LogP contribution in [0.25, 0.3) is 0 Å². The van der Waals surface area contributed by atoms with Crippen molar-refractivity contribution in [1.29, 1.82) is 0 Å². The second-order valence-electron chi connectivity index (χ2n) is 5.92. The summed E-state index contributed by atoms with van der Waals surface area (Å²) < 4.78 is 0. The van der Waals surface area contributed by atoms with Crippen LogP contribution in [0.15, 0.2) is 18.3 Å². The van der Waals surface area contributed by atoms with Crippen LogP contribution >= 0.6 is 0 Å². The molecule has 0 spiro atoms. The molecule has 0 bridgehead atoms. The Morgan fingerprint density at radius 2 is 2.09 bits per heavy atom. The van der Waals surface area contributed by atoms with Crippen LogP contribution in [0.4, 0.5) is 5.82 Å². The first-order valence-electron chi connectivity index (χ1n) is 7.62. The number of anilines is 1. The summed E-state index contributed by atoms with van der Waals surface area (Å²) in [6.45, 7) is 2.64. The predicted octanol–water partition coefficient (Wildman–Crippen LogP) is 0.980. The van der Waals surface area contributed by atoms with Gasteiger partial charge < -0.3 is 15.1 Å². The summed E-state index contributed by atoms with van der Waals surface area (Å²) in [5, 5.41) is 2.75. The molecule has 7 heteroatoms. The van der Waals surface area contributed by atoms with E-state index in [4.69, 9.17) is 0 Å². The van der Waals surface area contributed by atoms with Gasteiger partial charge in [-0.3, -0.25) is 14.4 Å². The van der Waals surface area contributed by atoms with Crippen LogP contribution in [-0.2, 0) is 9.59 Å². The summed E-state index contributed by atoms with van der Waals surface area (Å²) in [6, 6.07) is 3.17. The molecule has 1 aromatic heterocycles. The van der Waals surface area contributed by atoms with Gasteiger partial charge in [0.15, 0.2) is 0 Å². The zero-order valence-corrected chi connectivity index (χ0v) is 13.7. The first kappa shape index (κ1) is 16.9. The highest BCUT2D eigenvalue weighted by molar-refractivity contribution is 5.96. The van der Waals surface area contributed by atoms with Crippen LogP contribution in [0.3, 0.4) is 0 Å². The summed E-state index contributed by atoms with van der Waals surface area (Å²) in [4.78, 5) is 43.0. The lowest BCUT2D eigenvalue weighted by Gasteiger charge is -2.31. The van der Waals surface area contributed by atoms with Crippen LogP contribution in [0.2, 0.25) is 0 Å². The second kappa shape index (κ2) is 7.21. The molecule has 1 unspecified atom stereocenters. The summed E-state index contributed by atoms with van der Waals surface area (Å²) in [7, 11) is 3.33. The number of likely N-dealkylation sites (tertiary alicyclic amines) is 1. The van der Waals surface area contributed by atoms with Crippen molar-refractivity contribution >= 4 is 23.5 Å². The summed E-state index contributed by atoms with van der Waals surface area (Å²) in [5.41, 5.74) is 0.467. The van der Waals surface area contributed by atoms with Gasteiger partial charge in [0.2, 0.25) is 11.8 Å². The highest BCUT2D eigenvalue weighted by Gasteiger charge is 2.27. The molecule has 0 aromatic carbocycles. The molecule has 0 saturated carbocycles. The van der Waals surface area contributed by atoms with E-state index in [1.807, 2.05) is 0 Å². The van der Waals surface area contributed by atoms with Crippen molar-refractivity contribution in [3.05, 3.63) is 23.9 Å². The lowest BCUT2D eigenvalue weighted by atomic mass is 9.97. The summed E-state index contributed by atoms with van der Waals surface area (Å²) in [6.07, 6.45) is 3.05. The van der Waals surface area contributed by atoms with E-state index in [2.05, 4.69) is 10.3 Å². The van der Waals surface area contributed by atoms with Crippen LogP contribution in [0, 0.1) is 5.92 Å². The quantitative estimate of drug-likeness (QED) is 0.900. The summed E-state index contributed by atoms with van der Waals surface area (Å²) in [5.74, 6) is -0.231. The molecule has 23 heavy (non-hydrogen) atoms. The minimum Gasteiger partial charge on any atom is -0.345 e. The van der Waals surface area contributed by atoms with E-state index in [0.29, 0.717) is 24.5 Å². The van der Waals surface area contributed by atoms with Gasteiger partial charge in [0.1, 0.15) is 5.82 Å². The number of nitrogens with zero attached hydrogens (tertiary/aromatic N) is 3. The monoisotopic (exact) mass is 318 g/mol. The molecular formula is C16H22N4O3. The van der Waals surface area contributed by atoms with E-state index in [1.165, 1.54) is 18.0 Å². The van der Waals surface area contributed by atoms with Crippen molar-refractivity contribution in [3.63, 3.8) is 0 Å². The Hall–Kier alpha value is -2.44. The van der Waals surface area contributed by atoms with Crippen LogP contribution in [-0.4, -0.2) is 59.7 Å². The van der Waals surface area contributed by atoms with Gasteiger partial charge in [0.05, 0.1) is 5.92 Å². The highest BCUT2D eigenvalue weighted by atomic mass is 16.2. The zero-order valence-electron chi connectivity index (χ0n) is 13.7. The van der Waals surface area contributed by atoms with E-state index < -0.39 is 0 Å². The zero-order chi connectivity index (χ0) is 17.0. The van der Waals surface area contributed by atoms with Crippen molar-refractivity contribution in [1.82, 2.24) is 14.8 Å². The van der Waals surface area contributed by atoms with Gasteiger partial charge in [-0.05, 0) is 25.0 Å². The molecule has 0 radical (unpaired) electrons. The molecule has 0 aliphatic carbocycles. The lowest BCUT2D eigenvalue weighted by Crippen LogP contribution is -2.42. The van der Waals surface area contributed by atoms with Crippen molar-refractivity contribution in [2.75, 3.05) is 32.5 Å². The van der Waals surface area contributed by atoms with Crippen molar-refractivity contribution in [2.24, 2.45) is 5.92 Å². The smallest absolute Gasteiger partial charge is 0.253 e. The van der Waals surface area contributed by atoms with Crippen LogP contribution < -0.4 is 5.32 Å². The maximum atomic E-state index is 12.4. The topological polar surface area (TPSA) is 82.6 Å². The Bertz CT molecular complexity index is 615. The van der Waals surface area contributed by atoms with Gasteiger partial charge >= 0.3 is 0 Å². The van der Waals surface area contributed by atoms with Gasteiger partial charge in [-0.2, -0.15) is 0 Å². The Kier molecular flexibility index (Phi) is 5.31. The standard InChI is InChI=1S/C16H22N4O3/c1-11(21)20-8-4-5-13(10-20)15(22)18-14-9-12(6-7-17-14)16(23)19(2)3/h6-7,9,13H,4-5,8,10H2,1-3H3,(H,17,18,22). The normalized spacial score (nSPS) is 17.5. The number of aromatic nitrogens is 1. The SMILES string of the molecule is CC(=O)N1CCCC(C(=O)Nc2cc(C(=O)N(C)C)ccn2)C1. The second-order valence-corrected chi connectivity index (χ2v) is 5.92. The Labute approximate surface area is 135 Å². The largest absolute Gasteiger partial charge is 0.345 e. The molecule has 2 rings (SSSR count). The van der Waals surface area contributed by atoms with Crippen molar-refractivity contribution in [2.45, 2.75) is 19.8 Å². The van der Waals surface area contributed by atoms with Crippen LogP contribution in [0.5, 0.6) is 0 Å². The minimum absolute atomic E-state index is 0.0146. The molecule has 124 valence electrons. The molecule has 7 nitrogen and oxygen atoms in total. The average molecular weight is 318 g/mol. The number of rotatable bonds is 3. The number of piperidine rings is 1. The molecule has 1 aliphatic rings. The fraction of sp³-hybridized carbons (Fsp3) is 0.500. The maximum absolute atomic E-state index is 12.4. The van der Waals surface area contributed by atoms with E-state index in [-0.39, 0.29) is 23.6 Å². The number of pyridine rings is 1. The molecule has 2 heterocycles. The van der Waals surface area contributed by atoms with E-state index in [9.17, 15) is 14.4 Å². The average Bonchev–Trinajstić information content (AvgIpc) is 2.54. The van der Waals surface area contributed by atoms with Gasteiger partial charge in [0.25, 0.3) is 5.91 Å². The van der Waals surface area contributed by atoms with E-state index in [0.717, 1.165) is 12.8 Å². The number of carbonyl (C=O) groups excluding carboxylic acids is 3. The predicted molar refractivity (Wildman–Crippen MR) is 85.9 cm³/mol.